The normalized spacial score (nSPS) is 15.6. The van der Waals surface area contributed by atoms with Crippen molar-refractivity contribution in [3.05, 3.63) is 46.3 Å². The molecule has 0 aliphatic carbocycles. The molecule has 1 saturated heterocycles. The van der Waals surface area contributed by atoms with E-state index >= 15 is 0 Å². The molecule has 7 heteroatoms. The number of aliphatic imine (C=N–C) groups is 1. The molecule has 0 spiro atoms. The summed E-state index contributed by atoms with van der Waals surface area (Å²) >= 11 is 1.81. The van der Waals surface area contributed by atoms with Crippen LogP contribution in [0.25, 0.3) is 0 Å². The lowest BCUT2D eigenvalue weighted by atomic mass is 10.1. The van der Waals surface area contributed by atoms with Crippen molar-refractivity contribution >= 4 is 47.1 Å². The minimum atomic E-state index is 0. The number of halogens is 1. The standard InChI is InChI=1S/C21H31N5S.HI/c1-3-22-21(24-15-17(2)19-8-7-13-27-19)25-16-18-9-10-23-20(14-18)26-11-5-4-6-12-26;/h7-10,13-14,17H,3-6,11-12,15-16H2,1-2H3,(H2,22,24,25);1H. The third kappa shape index (κ3) is 6.92. The Hall–Kier alpha value is -1.35. The number of anilines is 1. The summed E-state index contributed by atoms with van der Waals surface area (Å²) < 4.78 is 0. The van der Waals surface area contributed by atoms with Gasteiger partial charge in [0, 0.05) is 43.2 Å². The van der Waals surface area contributed by atoms with Gasteiger partial charge in [0.05, 0.1) is 6.54 Å². The molecule has 5 nitrogen and oxygen atoms in total. The first-order valence-corrected chi connectivity index (χ1v) is 10.9. The predicted octanol–water partition coefficient (Wildman–Crippen LogP) is 4.61. The van der Waals surface area contributed by atoms with E-state index in [-0.39, 0.29) is 24.0 Å². The fourth-order valence-electron chi connectivity index (χ4n) is 3.29. The highest BCUT2D eigenvalue weighted by molar-refractivity contribution is 14.0. The molecule has 1 unspecified atom stereocenters. The van der Waals surface area contributed by atoms with E-state index < -0.39 is 0 Å². The van der Waals surface area contributed by atoms with Gasteiger partial charge in [-0.05, 0) is 55.3 Å². The summed E-state index contributed by atoms with van der Waals surface area (Å²) in [5.74, 6) is 2.43. The Morgan fingerprint density at radius 2 is 2.07 bits per heavy atom. The topological polar surface area (TPSA) is 52.6 Å². The second kappa shape index (κ2) is 12.3. The van der Waals surface area contributed by atoms with Gasteiger partial charge in [0.2, 0.25) is 0 Å². The van der Waals surface area contributed by atoms with E-state index in [1.165, 1.54) is 29.7 Å². The molecular weight excluding hydrogens is 481 g/mol. The molecule has 28 heavy (non-hydrogen) atoms. The van der Waals surface area contributed by atoms with Crippen molar-refractivity contribution in [3.63, 3.8) is 0 Å². The average Bonchev–Trinajstić information content (AvgIpc) is 3.26. The first-order valence-electron chi connectivity index (χ1n) is 10.0. The Balaban J connectivity index is 0.00000280. The Morgan fingerprint density at radius 3 is 2.79 bits per heavy atom. The quantitative estimate of drug-likeness (QED) is 0.323. The summed E-state index contributed by atoms with van der Waals surface area (Å²) in [6.45, 7) is 8.97. The summed E-state index contributed by atoms with van der Waals surface area (Å²) in [6, 6.07) is 8.56. The van der Waals surface area contributed by atoms with Crippen molar-refractivity contribution < 1.29 is 0 Å². The number of nitrogens with one attached hydrogen (secondary N) is 2. The van der Waals surface area contributed by atoms with Crippen LogP contribution in [0.15, 0.2) is 40.8 Å². The molecule has 0 bridgehead atoms. The number of rotatable bonds is 7. The molecule has 154 valence electrons. The largest absolute Gasteiger partial charge is 0.357 e. The van der Waals surface area contributed by atoms with E-state index in [1.807, 2.05) is 17.5 Å². The van der Waals surface area contributed by atoms with Crippen LogP contribution in [0, 0.1) is 0 Å². The van der Waals surface area contributed by atoms with Gasteiger partial charge in [-0.1, -0.05) is 13.0 Å². The van der Waals surface area contributed by atoms with E-state index in [2.05, 4.69) is 64.0 Å². The van der Waals surface area contributed by atoms with E-state index in [0.717, 1.165) is 38.0 Å². The number of hydrogen-bond acceptors (Lipinski definition) is 4. The van der Waals surface area contributed by atoms with Gasteiger partial charge in [-0.2, -0.15) is 0 Å². The Labute approximate surface area is 190 Å². The van der Waals surface area contributed by atoms with Crippen LogP contribution in [0.1, 0.15) is 49.5 Å². The first-order chi connectivity index (χ1) is 13.3. The van der Waals surface area contributed by atoms with Crippen LogP contribution in [-0.2, 0) is 6.54 Å². The van der Waals surface area contributed by atoms with Gasteiger partial charge in [-0.25, -0.2) is 9.98 Å². The maximum Gasteiger partial charge on any atom is 0.191 e. The fraction of sp³-hybridized carbons (Fsp3) is 0.524. The number of hydrogen-bond donors (Lipinski definition) is 2. The second-order valence-corrected chi connectivity index (χ2v) is 8.04. The van der Waals surface area contributed by atoms with Crippen molar-refractivity contribution in [1.29, 1.82) is 0 Å². The average molecular weight is 513 g/mol. The SMILES string of the molecule is CCNC(=NCc1ccnc(N2CCCCC2)c1)NCC(C)c1cccs1.I. The smallest absolute Gasteiger partial charge is 0.191 e. The molecule has 0 aromatic carbocycles. The second-order valence-electron chi connectivity index (χ2n) is 7.06. The van der Waals surface area contributed by atoms with Crippen LogP contribution >= 0.6 is 35.3 Å². The number of thiophene rings is 1. The third-order valence-corrected chi connectivity index (χ3v) is 5.96. The predicted molar refractivity (Wildman–Crippen MR) is 131 cm³/mol. The van der Waals surface area contributed by atoms with Gasteiger partial charge >= 0.3 is 0 Å². The number of guanidine groups is 1. The van der Waals surface area contributed by atoms with Crippen molar-refractivity contribution in [1.82, 2.24) is 15.6 Å². The summed E-state index contributed by atoms with van der Waals surface area (Å²) in [6.07, 6.45) is 5.78. The van der Waals surface area contributed by atoms with Crippen LogP contribution in [0.5, 0.6) is 0 Å². The summed E-state index contributed by atoms with van der Waals surface area (Å²) in [4.78, 5) is 13.1. The summed E-state index contributed by atoms with van der Waals surface area (Å²) in [7, 11) is 0. The van der Waals surface area contributed by atoms with Crippen molar-refractivity contribution in [2.24, 2.45) is 4.99 Å². The zero-order valence-corrected chi connectivity index (χ0v) is 20.0. The number of aromatic nitrogens is 1. The Bertz CT molecular complexity index is 713. The highest BCUT2D eigenvalue weighted by Crippen LogP contribution is 2.20. The van der Waals surface area contributed by atoms with Crippen LogP contribution in [0.3, 0.4) is 0 Å². The van der Waals surface area contributed by atoms with Crippen molar-refractivity contribution in [3.8, 4) is 0 Å². The van der Waals surface area contributed by atoms with Crippen molar-refractivity contribution in [2.45, 2.75) is 45.6 Å². The van der Waals surface area contributed by atoms with E-state index in [0.29, 0.717) is 12.5 Å². The lowest BCUT2D eigenvalue weighted by molar-refractivity contribution is 0.573. The van der Waals surface area contributed by atoms with Gasteiger partial charge in [0.15, 0.2) is 5.96 Å². The lowest BCUT2D eigenvalue weighted by Crippen LogP contribution is -2.39. The lowest BCUT2D eigenvalue weighted by Gasteiger charge is -2.27. The van der Waals surface area contributed by atoms with Gasteiger partial charge in [0.25, 0.3) is 0 Å². The molecule has 2 aromatic heterocycles. The van der Waals surface area contributed by atoms with Gasteiger partial charge in [0.1, 0.15) is 5.82 Å². The number of piperidine rings is 1. The highest BCUT2D eigenvalue weighted by atomic mass is 127. The van der Waals surface area contributed by atoms with Gasteiger partial charge < -0.3 is 15.5 Å². The minimum Gasteiger partial charge on any atom is -0.357 e. The molecule has 0 radical (unpaired) electrons. The van der Waals surface area contributed by atoms with E-state index in [1.54, 1.807) is 0 Å². The zero-order chi connectivity index (χ0) is 18.9. The summed E-state index contributed by atoms with van der Waals surface area (Å²) in [5.41, 5.74) is 1.20. The molecular formula is C21H32IN5S. The molecule has 3 heterocycles. The summed E-state index contributed by atoms with van der Waals surface area (Å²) in [5, 5.41) is 8.96. The molecule has 2 aromatic rings. The van der Waals surface area contributed by atoms with E-state index in [9.17, 15) is 0 Å². The van der Waals surface area contributed by atoms with E-state index in [4.69, 9.17) is 4.99 Å². The fourth-order valence-corrected chi connectivity index (χ4v) is 4.08. The highest BCUT2D eigenvalue weighted by Gasteiger charge is 2.12. The maximum atomic E-state index is 4.77. The Morgan fingerprint density at radius 1 is 1.25 bits per heavy atom. The van der Waals surface area contributed by atoms with Crippen LogP contribution in [-0.4, -0.2) is 37.1 Å². The number of nitrogens with zero attached hydrogens (tertiary/aromatic N) is 3. The monoisotopic (exact) mass is 513 g/mol. The van der Waals surface area contributed by atoms with Crippen molar-refractivity contribution in [2.75, 3.05) is 31.1 Å². The molecule has 1 atom stereocenters. The zero-order valence-electron chi connectivity index (χ0n) is 16.9. The van der Waals surface area contributed by atoms with Crippen LogP contribution in [0.2, 0.25) is 0 Å². The molecule has 1 fully saturated rings. The molecule has 1 aliphatic heterocycles. The number of pyridine rings is 1. The first kappa shape index (κ1) is 22.9. The molecule has 2 N–H and O–H groups in total. The van der Waals surface area contributed by atoms with Crippen LogP contribution < -0.4 is 15.5 Å². The van der Waals surface area contributed by atoms with Gasteiger partial charge in [-0.15, -0.1) is 35.3 Å². The molecule has 0 saturated carbocycles. The minimum absolute atomic E-state index is 0. The maximum absolute atomic E-state index is 4.77. The Kier molecular flexibility index (Phi) is 10.0. The molecule has 3 rings (SSSR count). The third-order valence-electron chi connectivity index (χ3n) is 4.86. The van der Waals surface area contributed by atoms with Gasteiger partial charge in [-0.3, -0.25) is 0 Å². The molecule has 0 amide bonds. The molecule has 1 aliphatic rings. The van der Waals surface area contributed by atoms with Crippen LogP contribution in [0.4, 0.5) is 5.82 Å².